The van der Waals surface area contributed by atoms with Gasteiger partial charge >= 0.3 is 0 Å². The number of rotatable bonds is 4. The van der Waals surface area contributed by atoms with Crippen molar-refractivity contribution < 1.29 is 9.90 Å². The van der Waals surface area contributed by atoms with Crippen molar-refractivity contribution in [2.24, 2.45) is 7.05 Å². The largest absolute Gasteiger partial charge is 0.388 e. The summed E-state index contributed by atoms with van der Waals surface area (Å²) in [5, 5.41) is 20.1. The second-order valence-corrected chi connectivity index (χ2v) is 6.46. The molecule has 3 aromatic rings. The summed E-state index contributed by atoms with van der Waals surface area (Å²) in [6.45, 7) is -0.160. The summed E-state index contributed by atoms with van der Waals surface area (Å²) < 4.78 is 1.78. The van der Waals surface area contributed by atoms with Gasteiger partial charge in [0.15, 0.2) is 11.5 Å². The maximum Gasteiger partial charge on any atom is 0.280 e. The van der Waals surface area contributed by atoms with Crippen LogP contribution in [0.3, 0.4) is 0 Å². The molecule has 2 heterocycles. The number of nitrogens with zero attached hydrogens (tertiary/aromatic N) is 4. The number of carbonyl (C=O) groups excluding carboxylic acids is 1. The van der Waals surface area contributed by atoms with Crippen LogP contribution in [0, 0.1) is 0 Å². The molecule has 134 valence electrons. The first-order valence-electron chi connectivity index (χ1n) is 8.35. The molecule has 0 saturated heterocycles. The van der Waals surface area contributed by atoms with Crippen molar-refractivity contribution in [3.63, 3.8) is 0 Å². The van der Waals surface area contributed by atoms with E-state index in [2.05, 4.69) is 25.5 Å². The molecule has 0 aliphatic heterocycles. The molecule has 1 amide bonds. The Morgan fingerprint density at radius 2 is 2.12 bits per heavy atom. The van der Waals surface area contributed by atoms with Crippen molar-refractivity contribution in [2.75, 3.05) is 0 Å². The van der Waals surface area contributed by atoms with Gasteiger partial charge in [-0.1, -0.05) is 12.1 Å². The Balaban J connectivity index is 1.44. The first-order valence-corrected chi connectivity index (χ1v) is 8.35. The Morgan fingerprint density at radius 1 is 1.35 bits per heavy atom. The van der Waals surface area contributed by atoms with Crippen LogP contribution in [-0.4, -0.2) is 41.8 Å². The number of para-hydroxylation sites is 2. The van der Waals surface area contributed by atoms with Gasteiger partial charge in [-0.3, -0.25) is 9.59 Å². The van der Waals surface area contributed by atoms with E-state index in [1.165, 1.54) is 0 Å². The number of aromatic amines is 1. The standard InChI is InChI=1S/C17H18N6O3/c1-23-13(8-24)21-22-15(23)9-6-10(7-9)18-16(25)14-17(26)20-12-5-3-2-4-11(12)19-14/h2-5,9-10,24H,6-8H2,1H3,(H,18,25)(H,20,26). The molecule has 0 spiro atoms. The number of aliphatic hydroxyl groups is 1. The van der Waals surface area contributed by atoms with E-state index in [9.17, 15) is 14.7 Å². The lowest BCUT2D eigenvalue weighted by atomic mass is 9.79. The van der Waals surface area contributed by atoms with Crippen molar-refractivity contribution >= 4 is 16.9 Å². The third-order valence-electron chi connectivity index (χ3n) is 4.79. The maximum absolute atomic E-state index is 12.4. The molecule has 0 bridgehead atoms. The average Bonchev–Trinajstić information content (AvgIpc) is 2.97. The van der Waals surface area contributed by atoms with Gasteiger partial charge in [-0.15, -0.1) is 10.2 Å². The molecule has 0 atom stereocenters. The summed E-state index contributed by atoms with van der Waals surface area (Å²) in [6, 6.07) is 7.03. The Kier molecular flexibility index (Phi) is 4.00. The Bertz CT molecular complexity index is 1030. The van der Waals surface area contributed by atoms with E-state index in [-0.39, 0.29) is 24.3 Å². The van der Waals surface area contributed by atoms with Gasteiger partial charge in [0.2, 0.25) is 0 Å². The summed E-state index contributed by atoms with van der Waals surface area (Å²) in [5.41, 5.74) is 0.533. The summed E-state index contributed by atoms with van der Waals surface area (Å²) in [4.78, 5) is 31.4. The molecule has 0 unspecified atom stereocenters. The lowest BCUT2D eigenvalue weighted by Crippen LogP contribution is -2.45. The fourth-order valence-electron chi connectivity index (χ4n) is 3.25. The van der Waals surface area contributed by atoms with Crippen LogP contribution in [0.2, 0.25) is 0 Å². The zero-order valence-corrected chi connectivity index (χ0v) is 14.1. The smallest absolute Gasteiger partial charge is 0.280 e. The minimum absolute atomic E-state index is 0.0468. The fourth-order valence-corrected chi connectivity index (χ4v) is 3.25. The summed E-state index contributed by atoms with van der Waals surface area (Å²) >= 11 is 0. The molecule has 0 radical (unpaired) electrons. The normalized spacial score (nSPS) is 19.3. The van der Waals surface area contributed by atoms with Gasteiger partial charge < -0.3 is 20.0 Å². The number of fused-ring (bicyclic) bond motifs is 1. The molecule has 26 heavy (non-hydrogen) atoms. The Morgan fingerprint density at radius 3 is 2.85 bits per heavy atom. The van der Waals surface area contributed by atoms with Crippen LogP contribution in [0.15, 0.2) is 29.1 Å². The molecule has 9 nitrogen and oxygen atoms in total. The zero-order valence-electron chi connectivity index (χ0n) is 14.1. The van der Waals surface area contributed by atoms with Gasteiger partial charge in [0, 0.05) is 19.0 Å². The summed E-state index contributed by atoms with van der Waals surface area (Å²) in [7, 11) is 1.81. The summed E-state index contributed by atoms with van der Waals surface area (Å²) in [6.07, 6.45) is 1.41. The topological polar surface area (TPSA) is 126 Å². The quantitative estimate of drug-likeness (QED) is 0.615. The number of carbonyl (C=O) groups is 1. The van der Waals surface area contributed by atoms with E-state index in [0.29, 0.717) is 29.7 Å². The van der Waals surface area contributed by atoms with Gasteiger partial charge in [-0.2, -0.15) is 0 Å². The minimum Gasteiger partial charge on any atom is -0.388 e. The van der Waals surface area contributed by atoms with E-state index in [1.807, 2.05) is 7.05 Å². The number of H-pyrrole nitrogens is 1. The van der Waals surface area contributed by atoms with Gasteiger partial charge in [-0.25, -0.2) is 4.98 Å². The second kappa shape index (κ2) is 6.34. The van der Waals surface area contributed by atoms with E-state index in [4.69, 9.17) is 0 Å². The van der Waals surface area contributed by atoms with E-state index >= 15 is 0 Å². The van der Waals surface area contributed by atoms with Crippen molar-refractivity contribution in [3.05, 3.63) is 52.0 Å². The lowest BCUT2D eigenvalue weighted by molar-refractivity contribution is 0.0900. The van der Waals surface area contributed by atoms with Crippen molar-refractivity contribution in [2.45, 2.75) is 31.4 Å². The number of benzene rings is 1. The molecule has 1 saturated carbocycles. The zero-order chi connectivity index (χ0) is 18.3. The van der Waals surface area contributed by atoms with E-state index in [0.717, 1.165) is 5.82 Å². The van der Waals surface area contributed by atoms with E-state index in [1.54, 1.807) is 28.8 Å². The van der Waals surface area contributed by atoms with E-state index < -0.39 is 11.5 Å². The maximum atomic E-state index is 12.4. The number of amides is 1. The molecular weight excluding hydrogens is 336 g/mol. The van der Waals surface area contributed by atoms with Crippen LogP contribution in [-0.2, 0) is 13.7 Å². The highest BCUT2D eigenvalue weighted by Crippen LogP contribution is 2.35. The second-order valence-electron chi connectivity index (χ2n) is 6.46. The molecule has 1 aliphatic carbocycles. The highest BCUT2D eigenvalue weighted by molar-refractivity contribution is 5.93. The number of aliphatic hydroxyl groups excluding tert-OH is 1. The highest BCUT2D eigenvalue weighted by atomic mass is 16.3. The lowest BCUT2D eigenvalue weighted by Gasteiger charge is -2.34. The van der Waals surface area contributed by atoms with Crippen molar-refractivity contribution in [3.8, 4) is 0 Å². The first-order chi connectivity index (χ1) is 12.6. The molecular formula is C17H18N6O3. The SMILES string of the molecule is Cn1c(CO)nnc1C1CC(NC(=O)c2nc3ccccc3[nH]c2=O)C1. The third kappa shape index (κ3) is 2.76. The summed E-state index contributed by atoms with van der Waals surface area (Å²) in [5.74, 6) is 0.996. The van der Waals surface area contributed by atoms with Crippen LogP contribution in [0.4, 0.5) is 0 Å². The monoisotopic (exact) mass is 354 g/mol. The molecule has 1 fully saturated rings. The average molecular weight is 354 g/mol. The molecule has 2 aromatic heterocycles. The fraction of sp³-hybridized carbons (Fsp3) is 0.353. The van der Waals surface area contributed by atoms with Gasteiger partial charge in [-0.05, 0) is 25.0 Å². The van der Waals surface area contributed by atoms with Crippen LogP contribution < -0.4 is 10.9 Å². The number of aromatic nitrogens is 5. The Hall–Kier alpha value is -3.07. The highest BCUT2D eigenvalue weighted by Gasteiger charge is 2.35. The minimum atomic E-state index is -0.502. The van der Waals surface area contributed by atoms with Crippen LogP contribution in [0.25, 0.3) is 11.0 Å². The third-order valence-corrected chi connectivity index (χ3v) is 4.79. The molecule has 3 N–H and O–H groups in total. The van der Waals surface area contributed by atoms with Crippen molar-refractivity contribution in [1.29, 1.82) is 0 Å². The molecule has 4 rings (SSSR count). The molecule has 1 aliphatic rings. The van der Waals surface area contributed by atoms with Crippen molar-refractivity contribution in [1.82, 2.24) is 30.0 Å². The van der Waals surface area contributed by atoms with Crippen LogP contribution in [0.5, 0.6) is 0 Å². The number of nitrogens with one attached hydrogen (secondary N) is 2. The number of hydrogen-bond acceptors (Lipinski definition) is 6. The van der Waals surface area contributed by atoms with Crippen LogP contribution >= 0.6 is 0 Å². The van der Waals surface area contributed by atoms with Gasteiger partial charge in [0.05, 0.1) is 11.0 Å². The van der Waals surface area contributed by atoms with Gasteiger partial charge in [0.25, 0.3) is 11.5 Å². The van der Waals surface area contributed by atoms with Crippen LogP contribution in [0.1, 0.15) is 40.9 Å². The Labute approximate surface area is 148 Å². The molecule has 1 aromatic carbocycles. The first kappa shape index (κ1) is 16.4. The number of hydrogen-bond donors (Lipinski definition) is 3. The molecule has 9 heteroatoms. The predicted molar refractivity (Wildman–Crippen MR) is 92.5 cm³/mol. The van der Waals surface area contributed by atoms with Gasteiger partial charge in [0.1, 0.15) is 12.4 Å². The predicted octanol–water partition coefficient (Wildman–Crippen LogP) is 0.220.